The van der Waals surface area contributed by atoms with Crippen LogP contribution in [0.5, 0.6) is 5.75 Å². The highest BCUT2D eigenvalue weighted by molar-refractivity contribution is 8.05. The summed E-state index contributed by atoms with van der Waals surface area (Å²) in [6.45, 7) is 0. The van der Waals surface area contributed by atoms with Gasteiger partial charge in [-0.25, -0.2) is 0 Å². The van der Waals surface area contributed by atoms with Gasteiger partial charge >= 0.3 is 0 Å². The van der Waals surface area contributed by atoms with Gasteiger partial charge in [0.05, 0.1) is 9.83 Å². The third kappa shape index (κ3) is 4.65. The monoisotopic (exact) mass is 417 g/mol. The number of anilines is 1. The summed E-state index contributed by atoms with van der Waals surface area (Å²) < 4.78 is 0. The van der Waals surface area contributed by atoms with Crippen LogP contribution in [-0.4, -0.2) is 28.5 Å². The predicted molar refractivity (Wildman–Crippen MR) is 111 cm³/mol. The summed E-state index contributed by atoms with van der Waals surface area (Å²) in [5.41, 5.74) is 1.21. The Morgan fingerprint density at radius 3 is 2.50 bits per heavy atom. The molecule has 2 N–H and O–H groups in total. The largest absolute Gasteiger partial charge is 0.508 e. The van der Waals surface area contributed by atoms with Gasteiger partial charge in [0, 0.05) is 29.9 Å². The summed E-state index contributed by atoms with van der Waals surface area (Å²) in [5, 5.41) is 23.3. The van der Waals surface area contributed by atoms with Crippen molar-refractivity contribution < 1.29 is 14.8 Å². The molecule has 2 aromatic carbocycles. The standard InChI is InChI=1S/C19H16ClN3O4S/c1-22(14-6-8-16(24)9-7-14)19-21-18(25)17(28-19)11-13(20)10-12-2-4-15(5-3-12)23(26)27/h2-11,19,24H,1H3,(H,21,25). The number of non-ortho nitro benzene ring substituents is 1. The number of nitrogens with zero attached hydrogens (tertiary/aromatic N) is 2. The van der Waals surface area contributed by atoms with E-state index in [1.54, 1.807) is 48.6 Å². The minimum atomic E-state index is -0.471. The number of phenolic OH excluding ortho intramolecular Hbond substituents is 1. The number of benzene rings is 2. The average Bonchev–Trinajstić information content (AvgIpc) is 3.02. The Bertz CT molecular complexity index is 958. The van der Waals surface area contributed by atoms with Gasteiger partial charge in [0.15, 0.2) is 5.50 Å². The molecule has 0 aromatic heterocycles. The fourth-order valence-corrected chi connectivity index (χ4v) is 3.85. The number of hydrogen-bond donors (Lipinski definition) is 2. The number of thioether (sulfide) groups is 1. The van der Waals surface area contributed by atoms with Crippen molar-refractivity contribution >= 4 is 46.7 Å². The molecule has 1 atom stereocenters. The maximum Gasteiger partial charge on any atom is 0.269 e. The van der Waals surface area contributed by atoms with Crippen LogP contribution >= 0.6 is 23.4 Å². The quantitative estimate of drug-likeness (QED) is 0.433. The van der Waals surface area contributed by atoms with Crippen molar-refractivity contribution in [3.8, 4) is 5.75 Å². The number of nitro benzene ring substituents is 1. The van der Waals surface area contributed by atoms with Gasteiger partial charge in [-0.15, -0.1) is 0 Å². The Hall–Kier alpha value is -2.97. The van der Waals surface area contributed by atoms with Crippen molar-refractivity contribution in [1.82, 2.24) is 5.32 Å². The highest BCUT2D eigenvalue weighted by atomic mass is 35.5. The van der Waals surface area contributed by atoms with Crippen LogP contribution in [0.1, 0.15) is 5.56 Å². The van der Waals surface area contributed by atoms with E-state index in [4.69, 9.17) is 11.6 Å². The SMILES string of the molecule is CN(c1ccc(O)cc1)C1NC(=O)C(=CC(Cl)=Cc2ccc([N+](=O)[O-])cc2)S1. The van der Waals surface area contributed by atoms with E-state index in [1.807, 2.05) is 11.9 Å². The average molecular weight is 418 g/mol. The van der Waals surface area contributed by atoms with E-state index in [1.165, 1.54) is 23.9 Å². The lowest BCUT2D eigenvalue weighted by Crippen LogP contribution is -2.39. The van der Waals surface area contributed by atoms with Gasteiger partial charge in [0.2, 0.25) is 0 Å². The number of hydrogen-bond acceptors (Lipinski definition) is 6. The molecule has 144 valence electrons. The van der Waals surface area contributed by atoms with E-state index in [-0.39, 0.29) is 22.8 Å². The third-order valence-corrected chi connectivity index (χ3v) is 5.44. The van der Waals surface area contributed by atoms with E-state index in [2.05, 4.69) is 5.32 Å². The summed E-state index contributed by atoms with van der Waals surface area (Å²) in [4.78, 5) is 24.8. The van der Waals surface area contributed by atoms with Crippen LogP contribution < -0.4 is 10.2 Å². The Labute approximate surface area is 170 Å². The number of carbonyl (C=O) groups excluding carboxylic acids is 1. The molecule has 0 radical (unpaired) electrons. The van der Waals surface area contributed by atoms with E-state index in [0.29, 0.717) is 15.5 Å². The number of rotatable bonds is 5. The van der Waals surface area contributed by atoms with Crippen LogP contribution in [0.2, 0.25) is 0 Å². The third-order valence-electron chi connectivity index (χ3n) is 4.00. The first-order chi connectivity index (χ1) is 13.3. The number of halogens is 1. The molecule has 0 saturated carbocycles. The molecular weight excluding hydrogens is 402 g/mol. The molecule has 0 bridgehead atoms. The summed E-state index contributed by atoms with van der Waals surface area (Å²) in [6, 6.07) is 12.6. The molecule has 1 heterocycles. The smallest absolute Gasteiger partial charge is 0.269 e. The lowest BCUT2D eigenvalue weighted by atomic mass is 10.2. The lowest BCUT2D eigenvalue weighted by molar-refractivity contribution is -0.384. The summed E-state index contributed by atoms with van der Waals surface area (Å²) in [7, 11) is 1.83. The summed E-state index contributed by atoms with van der Waals surface area (Å²) in [6.07, 6.45) is 3.19. The zero-order valence-corrected chi connectivity index (χ0v) is 16.3. The van der Waals surface area contributed by atoms with E-state index in [9.17, 15) is 20.0 Å². The van der Waals surface area contributed by atoms with Crippen LogP contribution in [-0.2, 0) is 4.79 Å². The van der Waals surface area contributed by atoms with Crippen LogP contribution in [0.25, 0.3) is 6.08 Å². The first-order valence-corrected chi connectivity index (χ1v) is 9.42. The fourth-order valence-electron chi connectivity index (χ4n) is 2.50. The normalized spacial score (nSPS) is 18.2. The van der Waals surface area contributed by atoms with Gasteiger partial charge in [-0.3, -0.25) is 14.9 Å². The molecule has 1 unspecified atom stereocenters. The van der Waals surface area contributed by atoms with Crippen molar-refractivity contribution in [2.75, 3.05) is 11.9 Å². The Kier molecular flexibility index (Phi) is 5.91. The molecule has 2 aromatic rings. The number of allylic oxidation sites excluding steroid dienone is 2. The first kappa shape index (κ1) is 19.8. The maximum atomic E-state index is 12.3. The molecule has 0 aliphatic carbocycles. The molecule has 28 heavy (non-hydrogen) atoms. The fraction of sp³-hybridized carbons (Fsp3) is 0.105. The number of nitrogens with one attached hydrogen (secondary N) is 1. The molecular formula is C19H16ClN3O4S. The second-order valence-electron chi connectivity index (χ2n) is 5.96. The second-order valence-corrected chi connectivity index (χ2v) is 7.52. The minimum absolute atomic E-state index is 0.00235. The lowest BCUT2D eigenvalue weighted by Gasteiger charge is -2.25. The number of carbonyl (C=O) groups is 1. The van der Waals surface area contributed by atoms with Gasteiger partial charge in [0.25, 0.3) is 11.6 Å². The molecule has 7 nitrogen and oxygen atoms in total. The summed E-state index contributed by atoms with van der Waals surface area (Å²) >= 11 is 7.56. The first-order valence-electron chi connectivity index (χ1n) is 8.16. The van der Waals surface area contributed by atoms with E-state index in [0.717, 1.165) is 5.69 Å². The van der Waals surface area contributed by atoms with Gasteiger partial charge in [-0.2, -0.15) is 0 Å². The van der Waals surface area contributed by atoms with Crippen molar-refractivity contribution in [2.45, 2.75) is 5.50 Å². The number of nitro groups is 1. The molecule has 1 amide bonds. The Morgan fingerprint density at radius 2 is 1.89 bits per heavy atom. The molecule has 9 heteroatoms. The molecule has 1 aliphatic heterocycles. The number of phenols is 1. The highest BCUT2D eigenvalue weighted by Crippen LogP contribution is 2.33. The maximum absolute atomic E-state index is 12.3. The van der Waals surface area contributed by atoms with Crippen LogP contribution in [0.15, 0.2) is 64.5 Å². The van der Waals surface area contributed by atoms with Gasteiger partial charge < -0.3 is 15.3 Å². The zero-order valence-electron chi connectivity index (χ0n) is 14.7. The minimum Gasteiger partial charge on any atom is -0.508 e. The van der Waals surface area contributed by atoms with Gasteiger partial charge in [0.1, 0.15) is 5.75 Å². The molecule has 1 saturated heterocycles. The summed E-state index contributed by atoms with van der Waals surface area (Å²) in [5.74, 6) is -0.0695. The van der Waals surface area contributed by atoms with Crippen LogP contribution in [0.3, 0.4) is 0 Å². The topological polar surface area (TPSA) is 95.7 Å². The van der Waals surface area contributed by atoms with Crippen molar-refractivity contribution in [3.05, 3.63) is 80.2 Å². The second kappa shape index (κ2) is 8.37. The van der Waals surface area contributed by atoms with Crippen LogP contribution in [0.4, 0.5) is 11.4 Å². The van der Waals surface area contributed by atoms with Crippen LogP contribution in [0, 0.1) is 10.1 Å². The molecule has 1 aliphatic rings. The van der Waals surface area contributed by atoms with Crippen molar-refractivity contribution in [3.63, 3.8) is 0 Å². The van der Waals surface area contributed by atoms with E-state index < -0.39 is 4.92 Å². The van der Waals surface area contributed by atoms with Crippen molar-refractivity contribution in [2.24, 2.45) is 0 Å². The Morgan fingerprint density at radius 1 is 1.25 bits per heavy atom. The highest BCUT2D eigenvalue weighted by Gasteiger charge is 2.30. The number of amides is 1. The number of aromatic hydroxyl groups is 1. The van der Waals surface area contributed by atoms with Crippen molar-refractivity contribution in [1.29, 1.82) is 0 Å². The van der Waals surface area contributed by atoms with E-state index >= 15 is 0 Å². The molecule has 0 spiro atoms. The molecule has 1 fully saturated rings. The van der Waals surface area contributed by atoms with Gasteiger partial charge in [-0.1, -0.05) is 23.4 Å². The molecule has 3 rings (SSSR count). The zero-order chi connectivity index (χ0) is 20.3. The Balaban J connectivity index is 1.72. The predicted octanol–water partition coefficient (Wildman–Crippen LogP) is 4.05. The van der Waals surface area contributed by atoms with Gasteiger partial charge in [-0.05, 0) is 54.1 Å².